The van der Waals surface area contributed by atoms with Crippen molar-refractivity contribution in [3.8, 4) is 0 Å². The van der Waals surface area contributed by atoms with Crippen molar-refractivity contribution in [2.75, 3.05) is 0 Å². The van der Waals surface area contributed by atoms with Gasteiger partial charge in [-0.3, -0.25) is 14.9 Å². The normalized spacial score (nSPS) is 9.83. The Hall–Kier alpha value is -1.23. The van der Waals surface area contributed by atoms with Gasteiger partial charge in [-0.15, -0.1) is 0 Å². The molecule has 1 rings (SSSR count). The van der Waals surface area contributed by atoms with E-state index in [9.17, 15) is 14.9 Å². The van der Waals surface area contributed by atoms with E-state index in [1.807, 2.05) is 0 Å². The average Bonchev–Trinajstić information content (AvgIpc) is 2.30. The fourth-order valence-electron chi connectivity index (χ4n) is 0.906. The van der Waals surface area contributed by atoms with Gasteiger partial charge < -0.3 is 0 Å². The molecule has 4 nitrogen and oxygen atoms in total. The number of nitro groups is 1. The Bertz CT molecular complexity index is 342. The first kappa shape index (κ1) is 8.86. The Labute approximate surface area is 73.0 Å². The van der Waals surface area contributed by atoms with Gasteiger partial charge in [-0.1, -0.05) is 11.3 Å². The molecule has 0 aliphatic heterocycles. The van der Waals surface area contributed by atoms with Gasteiger partial charge in [0.15, 0.2) is 5.78 Å². The fourth-order valence-corrected chi connectivity index (χ4v) is 1.78. The van der Waals surface area contributed by atoms with Crippen LogP contribution in [0.1, 0.15) is 22.2 Å². The first-order valence-corrected chi connectivity index (χ1v) is 4.09. The van der Waals surface area contributed by atoms with Crippen LogP contribution in [0.25, 0.3) is 0 Å². The average molecular weight is 185 g/mol. The van der Waals surface area contributed by atoms with Crippen LogP contribution in [0.4, 0.5) is 5.00 Å². The molecule has 12 heavy (non-hydrogen) atoms. The predicted molar refractivity (Wildman–Crippen MR) is 45.7 cm³/mol. The highest BCUT2D eigenvalue weighted by Gasteiger charge is 2.15. The third-order valence-corrected chi connectivity index (χ3v) is 2.47. The van der Waals surface area contributed by atoms with Crippen molar-refractivity contribution in [2.45, 2.75) is 13.8 Å². The number of rotatable bonds is 2. The van der Waals surface area contributed by atoms with Gasteiger partial charge in [0.25, 0.3) is 0 Å². The molecule has 0 N–H and O–H groups in total. The molecule has 0 unspecified atom stereocenters. The Morgan fingerprint density at radius 2 is 2.25 bits per heavy atom. The standard InChI is InChI=1S/C7H7NO3S/c1-4(9)6-3-7(8(10)11)12-5(6)2/h3H,1-2H3. The maximum Gasteiger partial charge on any atom is 0.325 e. The van der Waals surface area contributed by atoms with E-state index in [4.69, 9.17) is 0 Å². The van der Waals surface area contributed by atoms with E-state index < -0.39 is 4.92 Å². The van der Waals surface area contributed by atoms with Crippen LogP contribution in [-0.4, -0.2) is 10.7 Å². The monoisotopic (exact) mass is 185 g/mol. The highest BCUT2D eigenvalue weighted by atomic mass is 32.1. The molecule has 0 amide bonds. The summed E-state index contributed by atoms with van der Waals surface area (Å²) >= 11 is 1.03. The quantitative estimate of drug-likeness (QED) is 0.403. The van der Waals surface area contributed by atoms with Gasteiger partial charge in [0, 0.05) is 16.5 Å². The number of Topliss-reactive ketones (excluding diaryl/α,β-unsaturated/α-hetero) is 1. The minimum absolute atomic E-state index is 0.0256. The molecule has 64 valence electrons. The molecule has 0 spiro atoms. The van der Waals surface area contributed by atoms with Crippen molar-refractivity contribution < 1.29 is 9.72 Å². The zero-order chi connectivity index (χ0) is 9.30. The number of ketones is 1. The number of hydrogen-bond donors (Lipinski definition) is 0. The van der Waals surface area contributed by atoms with Crippen LogP contribution < -0.4 is 0 Å². The molecule has 0 saturated heterocycles. The number of carbonyl (C=O) groups excluding carboxylic acids is 1. The number of carbonyl (C=O) groups is 1. The molecule has 1 heterocycles. The van der Waals surface area contributed by atoms with Crippen LogP contribution in [-0.2, 0) is 0 Å². The van der Waals surface area contributed by atoms with Crippen molar-refractivity contribution >= 4 is 22.1 Å². The lowest BCUT2D eigenvalue weighted by atomic mass is 10.2. The summed E-state index contributed by atoms with van der Waals surface area (Å²) in [4.78, 5) is 21.4. The summed E-state index contributed by atoms with van der Waals surface area (Å²) in [5.74, 6) is -0.128. The van der Waals surface area contributed by atoms with E-state index in [1.54, 1.807) is 6.92 Å². The van der Waals surface area contributed by atoms with Gasteiger partial charge in [0.05, 0.1) is 4.92 Å². The minimum atomic E-state index is -0.482. The number of aryl methyl sites for hydroxylation is 1. The lowest BCUT2D eigenvalue weighted by molar-refractivity contribution is -0.380. The summed E-state index contributed by atoms with van der Waals surface area (Å²) < 4.78 is 0. The molecule has 5 heteroatoms. The first-order chi connectivity index (χ1) is 5.52. The second-order valence-electron chi connectivity index (χ2n) is 2.37. The van der Waals surface area contributed by atoms with Crippen LogP contribution in [0.3, 0.4) is 0 Å². The Morgan fingerprint density at radius 1 is 1.67 bits per heavy atom. The Kier molecular flexibility index (Phi) is 2.23. The summed E-state index contributed by atoms with van der Waals surface area (Å²) in [6, 6.07) is 1.32. The van der Waals surface area contributed by atoms with Crippen LogP contribution in [0, 0.1) is 17.0 Å². The Morgan fingerprint density at radius 3 is 2.50 bits per heavy atom. The van der Waals surface area contributed by atoms with Crippen molar-refractivity contribution in [3.05, 3.63) is 26.6 Å². The summed E-state index contributed by atoms with van der Waals surface area (Å²) in [5.41, 5.74) is 0.451. The molecular weight excluding hydrogens is 178 g/mol. The van der Waals surface area contributed by atoms with E-state index in [0.29, 0.717) is 10.4 Å². The molecule has 0 atom stereocenters. The zero-order valence-electron chi connectivity index (χ0n) is 6.66. The molecule has 0 radical (unpaired) electrons. The van der Waals surface area contributed by atoms with Gasteiger partial charge in [0.2, 0.25) is 0 Å². The molecule has 1 aromatic heterocycles. The molecule has 1 aromatic rings. The van der Waals surface area contributed by atoms with Crippen LogP contribution in [0.2, 0.25) is 0 Å². The smallest absolute Gasteiger partial charge is 0.294 e. The van der Waals surface area contributed by atoms with Crippen molar-refractivity contribution in [3.63, 3.8) is 0 Å². The van der Waals surface area contributed by atoms with Gasteiger partial charge >= 0.3 is 5.00 Å². The van der Waals surface area contributed by atoms with Crippen molar-refractivity contribution in [2.24, 2.45) is 0 Å². The van der Waals surface area contributed by atoms with Crippen molar-refractivity contribution in [1.29, 1.82) is 0 Å². The lowest BCUT2D eigenvalue weighted by Crippen LogP contribution is -1.90. The summed E-state index contributed by atoms with van der Waals surface area (Å²) in [6.45, 7) is 3.10. The summed E-state index contributed by atoms with van der Waals surface area (Å²) in [6.07, 6.45) is 0. The second kappa shape index (κ2) is 3.02. The number of nitrogens with zero attached hydrogens (tertiary/aromatic N) is 1. The molecule has 0 saturated carbocycles. The predicted octanol–water partition coefficient (Wildman–Crippen LogP) is 2.17. The maximum atomic E-state index is 10.9. The van der Waals surface area contributed by atoms with Crippen LogP contribution in [0.5, 0.6) is 0 Å². The van der Waals surface area contributed by atoms with E-state index in [2.05, 4.69) is 0 Å². The van der Waals surface area contributed by atoms with E-state index in [0.717, 1.165) is 11.3 Å². The zero-order valence-corrected chi connectivity index (χ0v) is 7.47. The summed E-state index contributed by atoms with van der Waals surface area (Å²) in [5, 5.41) is 10.3. The number of hydrogen-bond acceptors (Lipinski definition) is 4. The molecule has 0 aromatic carbocycles. The third-order valence-electron chi connectivity index (χ3n) is 1.46. The SMILES string of the molecule is CC(=O)c1cc([N+](=O)[O-])sc1C. The van der Waals surface area contributed by atoms with E-state index >= 15 is 0 Å². The Balaban J connectivity index is 3.17. The van der Waals surface area contributed by atoms with Crippen LogP contribution >= 0.6 is 11.3 Å². The second-order valence-corrected chi connectivity index (χ2v) is 3.60. The fraction of sp³-hybridized carbons (Fsp3) is 0.286. The van der Waals surface area contributed by atoms with Gasteiger partial charge in [0.1, 0.15) is 0 Å². The van der Waals surface area contributed by atoms with Gasteiger partial charge in [-0.25, -0.2) is 0 Å². The largest absolute Gasteiger partial charge is 0.325 e. The van der Waals surface area contributed by atoms with Gasteiger partial charge in [-0.05, 0) is 13.8 Å². The third kappa shape index (κ3) is 1.50. The first-order valence-electron chi connectivity index (χ1n) is 3.28. The van der Waals surface area contributed by atoms with E-state index in [-0.39, 0.29) is 10.8 Å². The maximum absolute atomic E-state index is 10.9. The molecule has 0 fully saturated rings. The topological polar surface area (TPSA) is 60.2 Å². The number of thiophene rings is 1. The van der Waals surface area contributed by atoms with E-state index in [1.165, 1.54) is 13.0 Å². The minimum Gasteiger partial charge on any atom is -0.294 e. The highest BCUT2D eigenvalue weighted by Crippen LogP contribution is 2.28. The molecule has 0 aliphatic carbocycles. The van der Waals surface area contributed by atoms with Crippen LogP contribution in [0.15, 0.2) is 6.07 Å². The lowest BCUT2D eigenvalue weighted by Gasteiger charge is -1.86. The summed E-state index contributed by atoms with van der Waals surface area (Å²) in [7, 11) is 0. The highest BCUT2D eigenvalue weighted by molar-refractivity contribution is 7.15. The molecule has 0 bridgehead atoms. The van der Waals surface area contributed by atoms with Crippen molar-refractivity contribution in [1.82, 2.24) is 0 Å². The molecule has 0 aliphatic rings. The van der Waals surface area contributed by atoms with Gasteiger partial charge in [-0.2, -0.15) is 0 Å². The molecular formula is C7H7NO3S.